The second-order valence-corrected chi connectivity index (χ2v) is 11.8. The zero-order valence-electron chi connectivity index (χ0n) is 17.2. The van der Waals surface area contributed by atoms with Crippen molar-refractivity contribution in [2.45, 2.75) is 24.8 Å². The molecule has 4 rings (SSSR count). The highest BCUT2D eigenvalue weighted by Gasteiger charge is 2.25. The Balaban J connectivity index is 2.20. The number of ether oxygens (including phenoxy) is 1. The first-order valence-corrected chi connectivity index (χ1v) is 13.4. The third kappa shape index (κ3) is 4.42. The third-order valence-corrected chi connectivity index (χ3v) is 8.08. The molecular formula is C24H21I2NO3S. The standard InChI is InChI=1S/C24H21I2NO3S/c1-14(2)27-31(28,29)22-11-5-16-13-18(26)7-9-20(16)24(22)23-19-8-6-17(25)12-15(19)4-10-21(23)30-3/h4-14,27H,1-3H3. The minimum Gasteiger partial charge on any atom is -0.496 e. The van der Waals surface area contributed by atoms with Gasteiger partial charge in [0.25, 0.3) is 0 Å². The normalized spacial score (nSPS) is 12.1. The lowest BCUT2D eigenvalue weighted by atomic mass is 9.93. The van der Waals surface area contributed by atoms with Crippen molar-refractivity contribution >= 4 is 76.7 Å². The average Bonchev–Trinajstić information content (AvgIpc) is 2.70. The van der Waals surface area contributed by atoms with E-state index in [9.17, 15) is 8.42 Å². The van der Waals surface area contributed by atoms with Crippen LogP contribution in [-0.4, -0.2) is 21.6 Å². The largest absolute Gasteiger partial charge is 0.496 e. The fourth-order valence-corrected chi connectivity index (χ4v) is 6.35. The molecule has 0 amide bonds. The van der Waals surface area contributed by atoms with Crippen LogP contribution < -0.4 is 9.46 Å². The van der Waals surface area contributed by atoms with Crippen molar-refractivity contribution in [2.24, 2.45) is 0 Å². The molecular weight excluding hydrogens is 636 g/mol. The number of rotatable bonds is 5. The molecule has 0 bridgehead atoms. The quantitative estimate of drug-likeness (QED) is 0.248. The monoisotopic (exact) mass is 657 g/mol. The Kier molecular flexibility index (Phi) is 6.49. The van der Waals surface area contributed by atoms with Crippen LogP contribution in [0.2, 0.25) is 0 Å². The molecule has 7 heteroatoms. The van der Waals surface area contributed by atoms with E-state index < -0.39 is 10.0 Å². The van der Waals surface area contributed by atoms with Gasteiger partial charge in [-0.05, 0) is 117 Å². The Morgan fingerprint density at radius 1 is 0.806 bits per heavy atom. The van der Waals surface area contributed by atoms with Crippen LogP contribution in [-0.2, 0) is 10.0 Å². The molecule has 0 radical (unpaired) electrons. The van der Waals surface area contributed by atoms with Gasteiger partial charge in [-0.1, -0.05) is 24.3 Å². The van der Waals surface area contributed by atoms with E-state index in [1.54, 1.807) is 13.2 Å². The molecule has 0 aromatic heterocycles. The summed E-state index contributed by atoms with van der Waals surface area (Å²) in [4.78, 5) is 0.249. The van der Waals surface area contributed by atoms with Gasteiger partial charge in [0.1, 0.15) is 5.75 Å². The summed E-state index contributed by atoms with van der Waals surface area (Å²) >= 11 is 4.56. The van der Waals surface area contributed by atoms with Crippen molar-refractivity contribution in [3.8, 4) is 16.9 Å². The molecule has 0 saturated heterocycles. The van der Waals surface area contributed by atoms with Crippen LogP contribution in [0.15, 0.2) is 65.6 Å². The maximum atomic E-state index is 13.4. The summed E-state index contributed by atoms with van der Waals surface area (Å²) < 4.78 is 37.5. The lowest BCUT2D eigenvalue weighted by molar-refractivity contribution is 0.417. The van der Waals surface area contributed by atoms with E-state index in [-0.39, 0.29) is 10.9 Å². The summed E-state index contributed by atoms with van der Waals surface area (Å²) in [6, 6.07) is 19.5. The highest BCUT2D eigenvalue weighted by molar-refractivity contribution is 14.1. The van der Waals surface area contributed by atoms with Gasteiger partial charge in [-0.3, -0.25) is 0 Å². The molecule has 0 saturated carbocycles. The number of methoxy groups -OCH3 is 1. The second kappa shape index (κ2) is 8.84. The predicted octanol–water partition coefficient (Wildman–Crippen LogP) is 6.56. The van der Waals surface area contributed by atoms with E-state index in [1.165, 1.54) is 0 Å². The molecule has 0 spiro atoms. The molecule has 0 atom stereocenters. The minimum atomic E-state index is -3.75. The molecule has 0 aliphatic heterocycles. The fraction of sp³-hybridized carbons (Fsp3) is 0.167. The van der Waals surface area contributed by atoms with Crippen molar-refractivity contribution in [1.29, 1.82) is 0 Å². The summed E-state index contributed by atoms with van der Waals surface area (Å²) in [5.74, 6) is 0.640. The number of sulfonamides is 1. The van der Waals surface area contributed by atoms with Crippen LogP contribution in [0.25, 0.3) is 32.7 Å². The van der Waals surface area contributed by atoms with E-state index in [4.69, 9.17) is 4.74 Å². The number of fused-ring (bicyclic) bond motifs is 2. The molecule has 4 aromatic carbocycles. The molecule has 0 unspecified atom stereocenters. The maximum Gasteiger partial charge on any atom is 0.241 e. The molecule has 4 aromatic rings. The van der Waals surface area contributed by atoms with E-state index in [2.05, 4.69) is 62.0 Å². The highest BCUT2D eigenvalue weighted by Crippen LogP contribution is 2.44. The Morgan fingerprint density at radius 2 is 1.35 bits per heavy atom. The first kappa shape index (κ1) is 22.8. The number of hydrogen-bond acceptors (Lipinski definition) is 3. The van der Waals surface area contributed by atoms with E-state index in [1.807, 2.05) is 56.3 Å². The Labute approximate surface area is 209 Å². The number of halogens is 2. The third-order valence-electron chi connectivity index (χ3n) is 5.04. The summed E-state index contributed by atoms with van der Waals surface area (Å²) in [5.41, 5.74) is 1.44. The van der Waals surface area contributed by atoms with Crippen molar-refractivity contribution < 1.29 is 13.2 Å². The van der Waals surface area contributed by atoms with E-state index in [0.29, 0.717) is 11.3 Å². The van der Waals surface area contributed by atoms with Gasteiger partial charge in [-0.25, -0.2) is 13.1 Å². The van der Waals surface area contributed by atoms with Gasteiger partial charge in [0.2, 0.25) is 10.0 Å². The van der Waals surface area contributed by atoms with Gasteiger partial charge in [0.15, 0.2) is 0 Å². The Bertz CT molecular complexity index is 1420. The Hall–Kier alpha value is -1.43. The number of benzene rings is 4. The molecule has 0 aliphatic rings. The lowest BCUT2D eigenvalue weighted by Crippen LogP contribution is -2.30. The van der Waals surface area contributed by atoms with Crippen molar-refractivity contribution in [1.82, 2.24) is 4.72 Å². The number of nitrogens with one attached hydrogen (secondary N) is 1. The first-order valence-electron chi connectivity index (χ1n) is 9.72. The summed E-state index contributed by atoms with van der Waals surface area (Å²) in [6.45, 7) is 3.64. The van der Waals surface area contributed by atoms with Crippen LogP contribution in [0.3, 0.4) is 0 Å². The van der Waals surface area contributed by atoms with E-state index >= 15 is 0 Å². The summed E-state index contributed by atoms with van der Waals surface area (Å²) in [6.07, 6.45) is 0. The fourth-order valence-electron chi connectivity index (χ4n) is 3.84. The molecule has 160 valence electrons. The maximum absolute atomic E-state index is 13.4. The van der Waals surface area contributed by atoms with Crippen molar-refractivity contribution in [3.63, 3.8) is 0 Å². The molecule has 31 heavy (non-hydrogen) atoms. The van der Waals surface area contributed by atoms with Gasteiger partial charge < -0.3 is 4.74 Å². The smallest absolute Gasteiger partial charge is 0.241 e. The molecule has 0 fully saturated rings. The van der Waals surface area contributed by atoms with Crippen molar-refractivity contribution in [2.75, 3.05) is 7.11 Å². The molecule has 0 aliphatic carbocycles. The summed E-state index contributed by atoms with van der Waals surface area (Å²) in [5, 5.41) is 3.84. The molecule has 4 nitrogen and oxygen atoms in total. The number of hydrogen-bond donors (Lipinski definition) is 1. The van der Waals surface area contributed by atoms with Gasteiger partial charge in [-0.2, -0.15) is 0 Å². The zero-order chi connectivity index (χ0) is 22.3. The van der Waals surface area contributed by atoms with Crippen LogP contribution in [0, 0.1) is 7.14 Å². The van der Waals surface area contributed by atoms with Crippen LogP contribution in [0.5, 0.6) is 5.75 Å². The Morgan fingerprint density at radius 3 is 1.90 bits per heavy atom. The second-order valence-electron chi connectivity index (χ2n) is 7.59. The highest BCUT2D eigenvalue weighted by atomic mass is 127. The van der Waals surface area contributed by atoms with Crippen LogP contribution in [0.1, 0.15) is 13.8 Å². The van der Waals surface area contributed by atoms with E-state index in [0.717, 1.165) is 34.2 Å². The first-order chi connectivity index (χ1) is 14.7. The summed E-state index contributed by atoms with van der Waals surface area (Å²) in [7, 11) is -2.13. The topological polar surface area (TPSA) is 55.4 Å². The molecule has 0 heterocycles. The van der Waals surface area contributed by atoms with Gasteiger partial charge in [0, 0.05) is 24.3 Å². The zero-order valence-corrected chi connectivity index (χ0v) is 22.4. The van der Waals surface area contributed by atoms with Gasteiger partial charge >= 0.3 is 0 Å². The van der Waals surface area contributed by atoms with Gasteiger partial charge in [-0.15, -0.1) is 0 Å². The average molecular weight is 657 g/mol. The minimum absolute atomic E-state index is 0.221. The SMILES string of the molecule is COc1ccc2cc(I)ccc2c1-c1c(S(=O)(=O)NC(C)C)ccc2cc(I)ccc12. The van der Waals surface area contributed by atoms with Gasteiger partial charge in [0.05, 0.1) is 12.0 Å². The predicted molar refractivity (Wildman–Crippen MR) is 144 cm³/mol. The molecule has 1 N–H and O–H groups in total. The van der Waals surface area contributed by atoms with Crippen LogP contribution in [0.4, 0.5) is 0 Å². The lowest BCUT2D eigenvalue weighted by Gasteiger charge is -2.20. The van der Waals surface area contributed by atoms with Crippen LogP contribution >= 0.6 is 45.2 Å². The van der Waals surface area contributed by atoms with Crippen molar-refractivity contribution in [3.05, 3.63) is 67.8 Å².